The smallest absolute Gasteiger partial charge is 0.326 e. The molecule has 0 aliphatic carbocycles. The number of hydrogen-bond donors (Lipinski definition) is 2. The molecule has 1 atom stereocenters. The Morgan fingerprint density at radius 3 is 2.62 bits per heavy atom. The maximum absolute atomic E-state index is 12.9. The molecule has 3 rings (SSSR count). The molecule has 1 aliphatic heterocycles. The minimum atomic E-state index is -0.987. The third kappa shape index (κ3) is 4.50. The molecule has 1 aliphatic rings. The van der Waals surface area contributed by atoms with Crippen LogP contribution in [0.3, 0.4) is 0 Å². The molecule has 2 amide bonds. The van der Waals surface area contributed by atoms with Crippen LogP contribution in [0.2, 0.25) is 0 Å². The first-order valence-electron chi connectivity index (χ1n) is 10.0. The summed E-state index contributed by atoms with van der Waals surface area (Å²) in [4.78, 5) is 38.3. The number of amides is 2. The van der Waals surface area contributed by atoms with Crippen molar-refractivity contribution in [3.8, 4) is 0 Å². The third-order valence-corrected chi connectivity index (χ3v) is 5.24. The number of anilines is 1. The van der Waals surface area contributed by atoms with Crippen molar-refractivity contribution in [1.82, 2.24) is 4.90 Å². The van der Waals surface area contributed by atoms with Gasteiger partial charge in [0.25, 0.3) is 11.8 Å². The van der Waals surface area contributed by atoms with Gasteiger partial charge < -0.3 is 19.7 Å². The zero-order valence-corrected chi connectivity index (χ0v) is 16.7. The number of carboxylic acids is 1. The highest BCUT2D eigenvalue weighted by Gasteiger charge is 2.32. The van der Waals surface area contributed by atoms with E-state index in [2.05, 4.69) is 5.32 Å². The monoisotopic (exact) mass is 398 g/mol. The lowest BCUT2D eigenvalue weighted by atomic mass is 10.0. The van der Waals surface area contributed by atoms with Gasteiger partial charge >= 0.3 is 5.97 Å². The average Bonchev–Trinajstić information content (AvgIpc) is 3.17. The largest absolute Gasteiger partial charge is 0.480 e. The minimum Gasteiger partial charge on any atom is -0.480 e. The maximum Gasteiger partial charge on any atom is 0.326 e. The van der Waals surface area contributed by atoms with Crippen LogP contribution in [-0.4, -0.2) is 40.4 Å². The predicted molar refractivity (Wildman–Crippen MR) is 108 cm³/mol. The van der Waals surface area contributed by atoms with E-state index in [1.54, 1.807) is 30.3 Å². The molecule has 29 heavy (non-hydrogen) atoms. The Morgan fingerprint density at radius 2 is 1.97 bits per heavy atom. The van der Waals surface area contributed by atoms with Crippen molar-refractivity contribution < 1.29 is 23.9 Å². The summed E-state index contributed by atoms with van der Waals surface area (Å²) in [6.07, 6.45) is 3.52. The van der Waals surface area contributed by atoms with Crippen LogP contribution >= 0.6 is 0 Å². The van der Waals surface area contributed by atoms with Crippen molar-refractivity contribution in [2.24, 2.45) is 0 Å². The van der Waals surface area contributed by atoms with Crippen LogP contribution in [0.5, 0.6) is 0 Å². The van der Waals surface area contributed by atoms with E-state index in [0.29, 0.717) is 30.6 Å². The molecule has 154 valence electrons. The Bertz CT molecular complexity index is 896. The molecule has 1 aromatic heterocycles. The van der Waals surface area contributed by atoms with E-state index < -0.39 is 12.0 Å². The van der Waals surface area contributed by atoms with Crippen molar-refractivity contribution in [1.29, 1.82) is 0 Å². The molecule has 1 fully saturated rings. The van der Waals surface area contributed by atoms with Gasteiger partial charge in [-0.1, -0.05) is 19.9 Å². The molecule has 1 aromatic carbocycles. The second kappa shape index (κ2) is 8.94. The summed E-state index contributed by atoms with van der Waals surface area (Å²) >= 11 is 0. The van der Waals surface area contributed by atoms with Gasteiger partial charge in [0.2, 0.25) is 0 Å². The number of nitrogens with one attached hydrogen (secondary N) is 1. The topological polar surface area (TPSA) is 99.9 Å². The molecule has 2 N–H and O–H groups in total. The first-order chi connectivity index (χ1) is 13.9. The van der Waals surface area contributed by atoms with Crippen LogP contribution in [0.25, 0.3) is 0 Å². The SMILES string of the molecule is CCc1cc(C(=O)Nc2cccc(C(=O)N3CCCCC3C(=O)O)c2)oc1CC. The van der Waals surface area contributed by atoms with E-state index >= 15 is 0 Å². The Morgan fingerprint density at radius 1 is 1.17 bits per heavy atom. The standard InChI is InChI=1S/C22H26N2O5/c1-3-14-13-19(29-18(14)4-2)20(25)23-16-9-7-8-15(12-16)21(26)24-11-6-5-10-17(24)22(27)28/h7-9,12-13,17H,3-6,10-11H2,1-2H3,(H,23,25)(H,27,28). The van der Waals surface area contributed by atoms with E-state index in [4.69, 9.17) is 4.42 Å². The van der Waals surface area contributed by atoms with Gasteiger partial charge in [0.1, 0.15) is 11.8 Å². The van der Waals surface area contributed by atoms with Crippen molar-refractivity contribution in [3.05, 3.63) is 53.0 Å². The number of carbonyl (C=O) groups is 3. The van der Waals surface area contributed by atoms with Gasteiger partial charge in [-0.2, -0.15) is 0 Å². The molecule has 0 bridgehead atoms. The third-order valence-electron chi connectivity index (χ3n) is 5.24. The summed E-state index contributed by atoms with van der Waals surface area (Å²) in [5, 5.41) is 12.2. The molecule has 1 unspecified atom stereocenters. The first kappa shape index (κ1) is 20.6. The van der Waals surface area contributed by atoms with Gasteiger partial charge in [0, 0.05) is 24.2 Å². The number of piperidine rings is 1. The molecule has 2 heterocycles. The number of rotatable bonds is 6. The number of carbonyl (C=O) groups excluding carboxylic acids is 2. The fraction of sp³-hybridized carbons (Fsp3) is 0.409. The van der Waals surface area contributed by atoms with Gasteiger partial charge in [-0.05, 0) is 55.5 Å². The molecular formula is C22H26N2O5. The molecule has 7 heteroatoms. The number of likely N-dealkylation sites (tertiary alicyclic amines) is 1. The summed E-state index contributed by atoms with van der Waals surface area (Å²) < 4.78 is 5.65. The molecule has 0 radical (unpaired) electrons. The summed E-state index contributed by atoms with van der Waals surface area (Å²) in [6, 6.07) is 7.48. The first-order valence-corrected chi connectivity index (χ1v) is 10.0. The molecule has 0 spiro atoms. The van der Waals surface area contributed by atoms with Gasteiger partial charge in [0.15, 0.2) is 5.76 Å². The number of hydrogen-bond acceptors (Lipinski definition) is 4. The number of benzene rings is 1. The van der Waals surface area contributed by atoms with Crippen molar-refractivity contribution in [3.63, 3.8) is 0 Å². The molecule has 7 nitrogen and oxygen atoms in total. The van der Waals surface area contributed by atoms with E-state index in [0.717, 1.165) is 30.6 Å². The average molecular weight is 398 g/mol. The van der Waals surface area contributed by atoms with Gasteiger partial charge in [-0.25, -0.2) is 4.79 Å². The lowest BCUT2D eigenvalue weighted by Gasteiger charge is -2.33. The van der Waals surface area contributed by atoms with Gasteiger partial charge in [-0.15, -0.1) is 0 Å². The molecule has 0 saturated carbocycles. The number of carboxylic acid groups (broad SMARTS) is 1. The van der Waals surface area contributed by atoms with Crippen molar-refractivity contribution >= 4 is 23.5 Å². The number of aliphatic carboxylic acids is 1. The van der Waals surface area contributed by atoms with Gasteiger partial charge in [-0.3, -0.25) is 9.59 Å². The second-order valence-electron chi connectivity index (χ2n) is 7.15. The second-order valence-corrected chi connectivity index (χ2v) is 7.15. The Kier molecular flexibility index (Phi) is 6.36. The van der Waals surface area contributed by atoms with Crippen LogP contribution in [0.15, 0.2) is 34.7 Å². The zero-order valence-electron chi connectivity index (χ0n) is 16.7. The maximum atomic E-state index is 12.9. The molecular weight excluding hydrogens is 372 g/mol. The highest BCUT2D eigenvalue weighted by atomic mass is 16.4. The normalized spacial score (nSPS) is 16.5. The number of aryl methyl sites for hydroxylation is 2. The highest BCUT2D eigenvalue weighted by molar-refractivity contribution is 6.04. The van der Waals surface area contributed by atoms with Crippen LogP contribution in [-0.2, 0) is 17.6 Å². The van der Waals surface area contributed by atoms with Crippen LogP contribution in [0, 0.1) is 0 Å². The predicted octanol–water partition coefficient (Wildman–Crippen LogP) is 3.74. The van der Waals surface area contributed by atoms with Crippen LogP contribution in [0.1, 0.15) is 65.3 Å². The summed E-state index contributed by atoms with van der Waals surface area (Å²) in [6.45, 7) is 4.39. The van der Waals surface area contributed by atoms with E-state index in [-0.39, 0.29) is 17.6 Å². The van der Waals surface area contributed by atoms with Gasteiger partial charge in [0.05, 0.1) is 0 Å². The van der Waals surface area contributed by atoms with E-state index in [1.807, 2.05) is 13.8 Å². The fourth-order valence-electron chi connectivity index (χ4n) is 3.70. The van der Waals surface area contributed by atoms with Crippen LogP contribution in [0.4, 0.5) is 5.69 Å². The number of furan rings is 1. The van der Waals surface area contributed by atoms with Crippen molar-refractivity contribution in [2.45, 2.75) is 52.0 Å². The summed E-state index contributed by atoms with van der Waals surface area (Å²) in [7, 11) is 0. The lowest BCUT2D eigenvalue weighted by Crippen LogP contribution is -2.48. The van der Waals surface area contributed by atoms with Crippen molar-refractivity contribution in [2.75, 3.05) is 11.9 Å². The zero-order chi connectivity index (χ0) is 21.0. The Labute approximate surface area is 169 Å². The summed E-state index contributed by atoms with van der Waals surface area (Å²) in [5.41, 5.74) is 1.81. The minimum absolute atomic E-state index is 0.234. The summed E-state index contributed by atoms with van der Waals surface area (Å²) in [5.74, 6) is -0.680. The quantitative estimate of drug-likeness (QED) is 0.772. The van der Waals surface area contributed by atoms with E-state index in [1.165, 1.54) is 4.90 Å². The number of nitrogens with zero attached hydrogens (tertiary/aromatic N) is 1. The molecule has 1 saturated heterocycles. The lowest BCUT2D eigenvalue weighted by molar-refractivity contribution is -0.143. The Hall–Kier alpha value is -3.09. The highest BCUT2D eigenvalue weighted by Crippen LogP contribution is 2.22. The van der Waals surface area contributed by atoms with E-state index in [9.17, 15) is 19.5 Å². The fourth-order valence-corrected chi connectivity index (χ4v) is 3.70. The van der Waals surface area contributed by atoms with Crippen LogP contribution < -0.4 is 5.32 Å². The Balaban J connectivity index is 1.77. The molecule has 2 aromatic rings.